The van der Waals surface area contributed by atoms with Gasteiger partial charge in [0.15, 0.2) is 0 Å². The van der Waals surface area contributed by atoms with Gasteiger partial charge in [0.05, 0.1) is 6.33 Å². The van der Waals surface area contributed by atoms with Gasteiger partial charge in [0.2, 0.25) is 0 Å². The molecule has 0 fully saturated rings. The number of carbonyl (C=O) groups is 1. The van der Waals surface area contributed by atoms with Gasteiger partial charge in [0.25, 0.3) is 5.56 Å². The van der Waals surface area contributed by atoms with Crippen LogP contribution in [0.25, 0.3) is 0 Å². The fraction of sp³-hybridized carbons (Fsp3) is 0.444. The van der Waals surface area contributed by atoms with Gasteiger partial charge in [0.1, 0.15) is 4.47 Å². The number of carboxylic acids is 1. The summed E-state index contributed by atoms with van der Waals surface area (Å²) in [4.78, 5) is 25.6. The molecule has 0 saturated carbocycles. The van der Waals surface area contributed by atoms with Crippen molar-refractivity contribution in [1.82, 2.24) is 9.55 Å². The Hall–Kier alpha value is -1.17. The smallest absolute Gasteiger partial charge is 0.303 e. The zero-order valence-electron chi connectivity index (χ0n) is 8.02. The fourth-order valence-corrected chi connectivity index (χ4v) is 1.49. The Bertz CT molecular complexity index is 403. The molecule has 82 valence electrons. The standard InChI is InChI=1S/C9H11BrN2O3/c10-7-5-11-6-12(9(7)15)4-2-1-3-8(13)14/h5-6H,1-4H2,(H,13,14). The minimum absolute atomic E-state index is 0.135. The minimum atomic E-state index is -0.810. The van der Waals surface area contributed by atoms with E-state index < -0.39 is 5.97 Å². The summed E-state index contributed by atoms with van der Waals surface area (Å²) < 4.78 is 1.88. The van der Waals surface area contributed by atoms with Crippen molar-refractivity contribution in [3.05, 3.63) is 27.4 Å². The first-order valence-electron chi connectivity index (χ1n) is 4.53. The van der Waals surface area contributed by atoms with Gasteiger partial charge in [-0.05, 0) is 28.8 Å². The van der Waals surface area contributed by atoms with Gasteiger partial charge in [-0.1, -0.05) is 0 Å². The maximum absolute atomic E-state index is 11.5. The second-order valence-electron chi connectivity index (χ2n) is 3.09. The highest BCUT2D eigenvalue weighted by molar-refractivity contribution is 9.10. The van der Waals surface area contributed by atoms with Gasteiger partial charge >= 0.3 is 5.97 Å². The number of hydrogen-bond donors (Lipinski definition) is 1. The van der Waals surface area contributed by atoms with Crippen LogP contribution >= 0.6 is 15.9 Å². The summed E-state index contributed by atoms with van der Waals surface area (Å²) in [5.41, 5.74) is -0.139. The van der Waals surface area contributed by atoms with E-state index >= 15 is 0 Å². The third-order valence-electron chi connectivity index (χ3n) is 1.90. The maximum atomic E-state index is 11.5. The molecule has 0 aliphatic heterocycles. The van der Waals surface area contributed by atoms with Crippen molar-refractivity contribution in [2.24, 2.45) is 0 Å². The first-order valence-corrected chi connectivity index (χ1v) is 5.32. The lowest BCUT2D eigenvalue weighted by atomic mass is 10.2. The molecule has 0 atom stereocenters. The van der Waals surface area contributed by atoms with E-state index in [4.69, 9.17) is 5.11 Å². The number of hydrogen-bond acceptors (Lipinski definition) is 3. The zero-order chi connectivity index (χ0) is 11.3. The summed E-state index contributed by atoms with van der Waals surface area (Å²) in [6, 6.07) is 0. The lowest BCUT2D eigenvalue weighted by Crippen LogP contribution is -2.20. The van der Waals surface area contributed by atoms with E-state index in [0.717, 1.165) is 0 Å². The third kappa shape index (κ3) is 3.83. The van der Waals surface area contributed by atoms with Crippen molar-refractivity contribution in [1.29, 1.82) is 0 Å². The molecule has 15 heavy (non-hydrogen) atoms. The van der Waals surface area contributed by atoms with Crippen molar-refractivity contribution in [2.75, 3.05) is 0 Å². The lowest BCUT2D eigenvalue weighted by molar-refractivity contribution is -0.137. The van der Waals surface area contributed by atoms with E-state index in [-0.39, 0.29) is 12.0 Å². The van der Waals surface area contributed by atoms with Crippen LogP contribution in [0.3, 0.4) is 0 Å². The molecule has 1 aromatic heterocycles. The maximum Gasteiger partial charge on any atom is 0.303 e. The van der Waals surface area contributed by atoms with E-state index in [2.05, 4.69) is 20.9 Å². The summed E-state index contributed by atoms with van der Waals surface area (Å²) in [7, 11) is 0. The summed E-state index contributed by atoms with van der Waals surface area (Å²) in [6.45, 7) is 0.499. The molecule has 1 aromatic rings. The summed E-state index contributed by atoms with van der Waals surface area (Å²) in [5.74, 6) is -0.810. The highest BCUT2D eigenvalue weighted by Crippen LogP contribution is 2.01. The molecule has 0 radical (unpaired) electrons. The summed E-state index contributed by atoms with van der Waals surface area (Å²) >= 11 is 3.09. The van der Waals surface area contributed by atoms with Crippen LogP contribution in [-0.2, 0) is 11.3 Å². The predicted octanol–water partition coefficient (Wildman–Crippen LogP) is 1.26. The van der Waals surface area contributed by atoms with Crippen LogP contribution in [0.1, 0.15) is 19.3 Å². The number of aliphatic carboxylic acids is 1. The van der Waals surface area contributed by atoms with Gasteiger partial charge in [-0.2, -0.15) is 0 Å². The monoisotopic (exact) mass is 274 g/mol. The molecular formula is C9H11BrN2O3. The Morgan fingerprint density at radius 2 is 2.27 bits per heavy atom. The van der Waals surface area contributed by atoms with Gasteiger partial charge in [-0.25, -0.2) is 4.98 Å². The Morgan fingerprint density at radius 3 is 2.93 bits per heavy atom. The molecule has 1 N–H and O–H groups in total. The molecule has 0 saturated heterocycles. The van der Waals surface area contributed by atoms with Gasteiger partial charge in [-0.3, -0.25) is 14.2 Å². The van der Waals surface area contributed by atoms with Crippen molar-refractivity contribution in [2.45, 2.75) is 25.8 Å². The summed E-state index contributed by atoms with van der Waals surface area (Å²) in [5, 5.41) is 8.42. The molecular weight excluding hydrogens is 264 g/mol. The van der Waals surface area contributed by atoms with Gasteiger partial charge in [0, 0.05) is 19.2 Å². The van der Waals surface area contributed by atoms with Crippen LogP contribution in [-0.4, -0.2) is 20.6 Å². The quantitative estimate of drug-likeness (QED) is 0.821. The number of unbranched alkanes of at least 4 members (excludes halogenated alkanes) is 1. The Labute approximate surface area is 94.9 Å². The topological polar surface area (TPSA) is 72.2 Å². The molecule has 0 amide bonds. The molecule has 0 aliphatic carbocycles. The molecule has 1 rings (SSSR count). The van der Waals surface area contributed by atoms with Gasteiger partial charge in [-0.15, -0.1) is 0 Å². The van der Waals surface area contributed by atoms with Crippen molar-refractivity contribution in [3.63, 3.8) is 0 Å². The van der Waals surface area contributed by atoms with Crippen LogP contribution in [0.15, 0.2) is 21.8 Å². The van der Waals surface area contributed by atoms with Gasteiger partial charge < -0.3 is 5.11 Å². The van der Waals surface area contributed by atoms with Crippen LogP contribution in [0.4, 0.5) is 0 Å². The average molecular weight is 275 g/mol. The van der Waals surface area contributed by atoms with Crippen molar-refractivity contribution in [3.8, 4) is 0 Å². The first kappa shape index (κ1) is 11.9. The minimum Gasteiger partial charge on any atom is -0.481 e. The Kier molecular flexibility index (Phi) is 4.48. The van der Waals surface area contributed by atoms with Crippen LogP contribution in [0.2, 0.25) is 0 Å². The largest absolute Gasteiger partial charge is 0.481 e. The lowest BCUT2D eigenvalue weighted by Gasteiger charge is -2.03. The van der Waals surface area contributed by atoms with Crippen molar-refractivity contribution >= 4 is 21.9 Å². The number of rotatable bonds is 5. The van der Waals surface area contributed by atoms with Crippen LogP contribution < -0.4 is 5.56 Å². The number of aryl methyl sites for hydroxylation is 1. The highest BCUT2D eigenvalue weighted by Gasteiger charge is 2.01. The van der Waals surface area contributed by atoms with E-state index in [1.807, 2.05) is 0 Å². The normalized spacial score (nSPS) is 10.2. The number of halogens is 1. The highest BCUT2D eigenvalue weighted by atomic mass is 79.9. The van der Waals surface area contributed by atoms with E-state index in [9.17, 15) is 9.59 Å². The molecule has 1 heterocycles. The zero-order valence-corrected chi connectivity index (χ0v) is 9.61. The molecule has 0 unspecified atom stereocenters. The molecule has 6 heteroatoms. The van der Waals surface area contributed by atoms with E-state index in [1.54, 1.807) is 0 Å². The SMILES string of the molecule is O=C(O)CCCCn1cncc(Br)c1=O. The third-order valence-corrected chi connectivity index (χ3v) is 2.44. The predicted molar refractivity (Wildman–Crippen MR) is 57.7 cm³/mol. The Morgan fingerprint density at radius 1 is 1.53 bits per heavy atom. The average Bonchev–Trinajstić information content (AvgIpc) is 2.18. The Balaban J connectivity index is 2.48. The van der Waals surface area contributed by atoms with Crippen LogP contribution in [0.5, 0.6) is 0 Å². The van der Waals surface area contributed by atoms with E-state index in [0.29, 0.717) is 23.9 Å². The summed E-state index contributed by atoms with van der Waals surface area (Å²) in [6.07, 6.45) is 4.25. The molecule has 0 aromatic carbocycles. The van der Waals surface area contributed by atoms with Crippen molar-refractivity contribution < 1.29 is 9.90 Å². The molecule has 0 bridgehead atoms. The fourth-order valence-electron chi connectivity index (χ4n) is 1.14. The second-order valence-corrected chi connectivity index (χ2v) is 3.95. The second kappa shape index (κ2) is 5.65. The molecule has 0 spiro atoms. The molecule has 0 aliphatic rings. The number of aromatic nitrogens is 2. The van der Waals surface area contributed by atoms with E-state index in [1.165, 1.54) is 17.1 Å². The first-order chi connectivity index (χ1) is 7.11. The van der Waals surface area contributed by atoms with Crippen LogP contribution in [0, 0.1) is 0 Å². The number of carboxylic acid groups (broad SMARTS) is 1. The number of nitrogens with zero attached hydrogens (tertiary/aromatic N) is 2. The molecule has 5 nitrogen and oxygen atoms in total.